The second-order valence-corrected chi connectivity index (χ2v) is 21.5. The molecule has 1 spiro atoms. The highest BCUT2D eigenvalue weighted by molar-refractivity contribution is 5.97. The Balaban J connectivity index is 1.08. The van der Waals surface area contributed by atoms with Gasteiger partial charge >= 0.3 is 0 Å². The van der Waals surface area contributed by atoms with E-state index < -0.39 is 5.41 Å². The zero-order valence-corrected chi connectivity index (χ0v) is 36.4. The van der Waals surface area contributed by atoms with E-state index in [-0.39, 0.29) is 16.2 Å². The van der Waals surface area contributed by atoms with Crippen molar-refractivity contribution in [3.05, 3.63) is 196 Å². The number of benzene rings is 7. The van der Waals surface area contributed by atoms with Gasteiger partial charge in [-0.2, -0.15) is 0 Å². The lowest BCUT2D eigenvalue weighted by Crippen LogP contribution is -2.48. The van der Waals surface area contributed by atoms with Gasteiger partial charge < -0.3 is 4.90 Å². The summed E-state index contributed by atoms with van der Waals surface area (Å²) in [7, 11) is 0. The zero-order valence-electron chi connectivity index (χ0n) is 36.4. The van der Waals surface area contributed by atoms with Crippen LogP contribution < -0.4 is 4.90 Å². The van der Waals surface area contributed by atoms with Gasteiger partial charge in [-0.05, 0) is 175 Å². The SMILES string of the molecule is CC(C)(C)c1ccc2c(c1)C1(c3ccccc3-c3ccc(N(c4ccc5c(c4)-c4ccccc4C5(C)C)c4ccccc4C45CC6CC(CC(C6)C4)C5)cc31)c1ccccc1-2. The van der Waals surface area contributed by atoms with Crippen LogP contribution in [0.1, 0.15) is 118 Å². The Morgan fingerprint density at radius 3 is 1.51 bits per heavy atom. The molecule has 7 aromatic carbocycles. The second-order valence-electron chi connectivity index (χ2n) is 21.5. The highest BCUT2D eigenvalue weighted by Gasteiger charge is 2.54. The van der Waals surface area contributed by atoms with E-state index in [0.29, 0.717) is 0 Å². The molecule has 4 bridgehead atoms. The molecule has 1 heteroatoms. The smallest absolute Gasteiger partial charge is 0.0726 e. The highest BCUT2D eigenvalue weighted by Crippen LogP contribution is 2.65. The van der Waals surface area contributed by atoms with Crippen LogP contribution in [0.2, 0.25) is 0 Å². The van der Waals surface area contributed by atoms with Crippen molar-refractivity contribution < 1.29 is 0 Å². The first-order valence-electron chi connectivity index (χ1n) is 23.2. The van der Waals surface area contributed by atoms with Crippen LogP contribution in [0.15, 0.2) is 152 Å². The molecular formula is C60H55N. The lowest BCUT2D eigenvalue weighted by molar-refractivity contribution is -0.00491. The van der Waals surface area contributed by atoms with E-state index in [4.69, 9.17) is 0 Å². The van der Waals surface area contributed by atoms with Crippen molar-refractivity contribution >= 4 is 17.1 Å². The number of nitrogens with zero attached hydrogens (tertiary/aromatic N) is 1. The van der Waals surface area contributed by atoms with Crippen LogP contribution in [0.3, 0.4) is 0 Å². The molecule has 61 heavy (non-hydrogen) atoms. The van der Waals surface area contributed by atoms with Gasteiger partial charge in [-0.3, -0.25) is 0 Å². The lowest BCUT2D eigenvalue weighted by atomic mass is 9.48. The predicted molar refractivity (Wildman–Crippen MR) is 254 cm³/mol. The maximum atomic E-state index is 2.69. The summed E-state index contributed by atoms with van der Waals surface area (Å²) >= 11 is 0. The Bertz CT molecular complexity index is 2940. The van der Waals surface area contributed by atoms with Crippen LogP contribution in [-0.4, -0.2) is 0 Å². The molecule has 7 aliphatic rings. The molecule has 0 aliphatic heterocycles. The van der Waals surface area contributed by atoms with Gasteiger partial charge in [0.05, 0.1) is 5.41 Å². The topological polar surface area (TPSA) is 3.24 Å². The van der Waals surface area contributed by atoms with Gasteiger partial charge in [-0.25, -0.2) is 0 Å². The van der Waals surface area contributed by atoms with Gasteiger partial charge in [0, 0.05) is 22.5 Å². The Labute approximate surface area is 362 Å². The molecule has 7 aromatic rings. The third-order valence-corrected chi connectivity index (χ3v) is 16.8. The third kappa shape index (κ3) is 4.79. The minimum absolute atomic E-state index is 0.0202. The maximum Gasteiger partial charge on any atom is 0.0726 e. The van der Waals surface area contributed by atoms with Crippen molar-refractivity contribution in [2.75, 3.05) is 4.90 Å². The Morgan fingerprint density at radius 1 is 0.426 bits per heavy atom. The molecule has 0 heterocycles. The van der Waals surface area contributed by atoms with Crippen LogP contribution in [0.4, 0.5) is 17.1 Å². The summed E-state index contributed by atoms with van der Waals surface area (Å²) in [6.45, 7) is 11.9. The number of fused-ring (bicyclic) bond motifs is 13. The van der Waals surface area contributed by atoms with Gasteiger partial charge in [0.1, 0.15) is 0 Å². The molecule has 0 radical (unpaired) electrons. The molecular weight excluding hydrogens is 735 g/mol. The lowest BCUT2D eigenvalue weighted by Gasteiger charge is -2.57. The molecule has 14 rings (SSSR count). The van der Waals surface area contributed by atoms with Gasteiger partial charge in [0.25, 0.3) is 0 Å². The van der Waals surface area contributed by atoms with E-state index in [2.05, 4.69) is 191 Å². The maximum absolute atomic E-state index is 2.69. The van der Waals surface area contributed by atoms with Crippen molar-refractivity contribution in [2.24, 2.45) is 17.8 Å². The summed E-state index contributed by atoms with van der Waals surface area (Å²) in [4.78, 5) is 2.69. The van der Waals surface area contributed by atoms with Crippen molar-refractivity contribution in [1.29, 1.82) is 0 Å². The van der Waals surface area contributed by atoms with E-state index in [1.54, 1.807) is 5.56 Å². The number of hydrogen-bond acceptors (Lipinski definition) is 1. The minimum atomic E-state index is -0.429. The number of anilines is 3. The summed E-state index contributed by atoms with van der Waals surface area (Å²) in [5, 5.41) is 0. The number of hydrogen-bond donors (Lipinski definition) is 0. The fraction of sp³-hybridized carbons (Fsp3) is 0.300. The van der Waals surface area contributed by atoms with Crippen LogP contribution >= 0.6 is 0 Å². The molecule has 0 amide bonds. The minimum Gasteiger partial charge on any atom is -0.310 e. The summed E-state index contributed by atoms with van der Waals surface area (Å²) in [6.07, 6.45) is 8.33. The van der Waals surface area contributed by atoms with Crippen molar-refractivity contribution in [3.63, 3.8) is 0 Å². The number of para-hydroxylation sites is 1. The van der Waals surface area contributed by atoms with Crippen molar-refractivity contribution in [3.8, 4) is 33.4 Å². The summed E-state index contributed by atoms with van der Waals surface area (Å²) in [6, 6.07) is 59.7. The largest absolute Gasteiger partial charge is 0.310 e. The van der Waals surface area contributed by atoms with Crippen LogP contribution in [0.25, 0.3) is 33.4 Å². The highest BCUT2D eigenvalue weighted by atomic mass is 15.1. The third-order valence-electron chi connectivity index (χ3n) is 16.8. The molecule has 1 nitrogen and oxygen atoms in total. The Morgan fingerprint density at radius 2 is 0.885 bits per heavy atom. The quantitative estimate of drug-likeness (QED) is 0.172. The molecule has 0 aromatic heterocycles. The summed E-state index contributed by atoms with van der Waals surface area (Å²) < 4.78 is 0. The molecule has 7 aliphatic carbocycles. The Kier molecular flexibility index (Phi) is 7.24. The van der Waals surface area contributed by atoms with E-state index in [1.165, 1.54) is 128 Å². The van der Waals surface area contributed by atoms with E-state index >= 15 is 0 Å². The Hall–Kier alpha value is -5.66. The van der Waals surface area contributed by atoms with Gasteiger partial charge in [0.15, 0.2) is 0 Å². The van der Waals surface area contributed by atoms with E-state index in [1.807, 2.05) is 0 Å². The zero-order chi connectivity index (χ0) is 41.0. The molecule has 4 saturated carbocycles. The van der Waals surface area contributed by atoms with Gasteiger partial charge in [-0.15, -0.1) is 0 Å². The predicted octanol–water partition coefficient (Wildman–Crippen LogP) is 15.6. The fourth-order valence-corrected chi connectivity index (χ4v) is 14.6. The second kappa shape index (κ2) is 12.3. The standard InChI is InChI=1S/C60H55N/c1-57(2,3)40-22-25-46-43-14-7-10-18-51(43)60(54(46)31-40)52-19-11-8-15-44(52)47-26-23-42(33-55(47)60)61(41-24-27-50-48(32-41)45-16-6-9-17-49(45)58(50,4)5)56-21-13-12-20-53(56)59-34-37-28-38(35-59)30-39(29-37)36-59/h6-27,31-33,37-39H,28-30,34-36H2,1-5H3. The molecule has 4 fully saturated rings. The average Bonchev–Trinajstić information content (AvgIpc) is 3.81. The first kappa shape index (κ1) is 36.0. The number of rotatable bonds is 4. The van der Waals surface area contributed by atoms with E-state index in [0.717, 1.165) is 17.8 Å². The normalized spacial score (nSPS) is 25.2. The van der Waals surface area contributed by atoms with Crippen LogP contribution in [0, 0.1) is 17.8 Å². The summed E-state index contributed by atoms with van der Waals surface area (Å²) in [5.74, 6) is 2.60. The first-order valence-corrected chi connectivity index (χ1v) is 23.2. The summed E-state index contributed by atoms with van der Waals surface area (Å²) in [5.41, 5.74) is 23.2. The first-order chi connectivity index (χ1) is 29.5. The van der Waals surface area contributed by atoms with Crippen molar-refractivity contribution in [2.45, 2.75) is 94.8 Å². The van der Waals surface area contributed by atoms with Crippen LogP contribution in [0.5, 0.6) is 0 Å². The molecule has 0 saturated heterocycles. The average molecular weight is 790 g/mol. The van der Waals surface area contributed by atoms with E-state index in [9.17, 15) is 0 Å². The van der Waals surface area contributed by atoms with Gasteiger partial charge in [0.2, 0.25) is 0 Å². The molecule has 0 N–H and O–H groups in total. The van der Waals surface area contributed by atoms with Crippen molar-refractivity contribution in [1.82, 2.24) is 0 Å². The fourth-order valence-electron chi connectivity index (χ4n) is 14.6. The molecule has 300 valence electrons. The molecule has 1 atom stereocenters. The van der Waals surface area contributed by atoms with Gasteiger partial charge in [-0.1, -0.05) is 156 Å². The molecule has 1 unspecified atom stereocenters. The monoisotopic (exact) mass is 789 g/mol. The van der Waals surface area contributed by atoms with Crippen LogP contribution in [-0.2, 0) is 21.7 Å².